The maximum absolute atomic E-state index is 12.9. The minimum atomic E-state index is -2.12. The monoisotopic (exact) mass is 405 g/mol. The van der Waals surface area contributed by atoms with Crippen molar-refractivity contribution in [2.45, 2.75) is 85.1 Å². The van der Waals surface area contributed by atoms with Crippen LogP contribution in [0.25, 0.3) is 0 Å². The topological polar surface area (TPSA) is 37.4 Å². The summed E-state index contributed by atoms with van der Waals surface area (Å²) in [5.74, 6) is 0.847. The van der Waals surface area contributed by atoms with Gasteiger partial charge < -0.3 is 4.90 Å². The number of hydrogen-bond donors (Lipinski definition) is 0. The summed E-state index contributed by atoms with van der Waals surface area (Å²) in [7, 11) is -2.12. The molecule has 28 heavy (non-hydrogen) atoms. The first-order valence-electron chi connectivity index (χ1n) is 10.9. The Kier molecular flexibility index (Phi) is 11.5. The molecule has 0 bridgehead atoms. The van der Waals surface area contributed by atoms with Crippen LogP contribution in [0.5, 0.6) is 0 Å². The van der Waals surface area contributed by atoms with E-state index in [1.807, 2.05) is 11.0 Å². The van der Waals surface area contributed by atoms with E-state index >= 15 is 0 Å². The summed E-state index contributed by atoms with van der Waals surface area (Å²) in [4.78, 5) is 14.7. The molecule has 1 amide bonds. The lowest BCUT2D eigenvalue weighted by Crippen LogP contribution is -2.46. The molecule has 158 valence electrons. The maximum Gasteiger partial charge on any atom is 0.306 e. The van der Waals surface area contributed by atoms with Gasteiger partial charge in [-0.15, -0.1) is 0 Å². The largest absolute Gasteiger partial charge is 0.329 e. The zero-order valence-corrected chi connectivity index (χ0v) is 19.5. The van der Waals surface area contributed by atoms with E-state index in [4.69, 9.17) is 0 Å². The lowest BCUT2D eigenvalue weighted by Gasteiger charge is -2.40. The summed E-state index contributed by atoms with van der Waals surface area (Å²) in [6, 6.07) is 10.6. The lowest BCUT2D eigenvalue weighted by atomic mass is 9.80. The average molecular weight is 406 g/mol. The maximum atomic E-state index is 12.9. The number of amides is 1. The molecule has 4 heteroatoms. The van der Waals surface area contributed by atoms with Crippen LogP contribution in [0.3, 0.4) is 0 Å². The predicted octanol–water partition coefficient (Wildman–Crippen LogP) is 7.49. The zero-order chi connectivity index (χ0) is 21.1. The normalized spacial score (nSPS) is 14.2. The second-order valence-electron chi connectivity index (χ2n) is 8.66. The fourth-order valence-electron chi connectivity index (χ4n) is 4.11. The Labute approximate surface area is 173 Å². The van der Waals surface area contributed by atoms with Gasteiger partial charge in [-0.2, -0.15) is 0 Å². The highest BCUT2D eigenvalue weighted by atomic mass is 31.1. The second-order valence-corrected chi connectivity index (χ2v) is 9.80. The van der Waals surface area contributed by atoms with E-state index in [1.54, 1.807) is 0 Å². The van der Waals surface area contributed by atoms with Crippen molar-refractivity contribution in [1.29, 1.82) is 0 Å². The Balaban J connectivity index is 3.21. The van der Waals surface area contributed by atoms with E-state index in [9.17, 15) is 9.36 Å². The molecule has 3 nitrogen and oxygen atoms in total. The number of hydrogen-bond acceptors (Lipinski definition) is 2. The van der Waals surface area contributed by atoms with Crippen LogP contribution in [-0.2, 0) is 4.57 Å². The van der Waals surface area contributed by atoms with Gasteiger partial charge in [-0.1, -0.05) is 97.1 Å². The molecular weight excluding hydrogens is 365 g/mol. The van der Waals surface area contributed by atoms with Gasteiger partial charge in [0.1, 0.15) is 0 Å². The summed E-state index contributed by atoms with van der Waals surface area (Å²) >= 11 is 0. The summed E-state index contributed by atoms with van der Waals surface area (Å²) in [6.45, 7) is 11.4. The molecule has 1 rings (SSSR count). The van der Waals surface area contributed by atoms with Crippen LogP contribution in [0.4, 0.5) is 4.79 Å². The van der Waals surface area contributed by atoms with Gasteiger partial charge in [-0.25, -0.2) is 0 Å². The highest BCUT2D eigenvalue weighted by Gasteiger charge is 2.34. The van der Waals surface area contributed by atoms with Gasteiger partial charge in [-0.05, 0) is 30.1 Å². The van der Waals surface area contributed by atoms with E-state index in [1.165, 1.54) is 31.2 Å². The van der Waals surface area contributed by atoms with Crippen LogP contribution in [0.1, 0.15) is 84.6 Å². The SMILES string of the molecule is C=P(=O)C(=O)N(CC(C)C)C(C(C)C)C(CCCCCCC)c1ccccc1. The quantitative estimate of drug-likeness (QED) is 0.252. The van der Waals surface area contributed by atoms with Crippen molar-refractivity contribution in [2.24, 2.45) is 11.8 Å². The minimum Gasteiger partial charge on any atom is -0.329 e. The Morgan fingerprint density at radius 2 is 1.64 bits per heavy atom. The number of carbonyl (C=O) groups excluding carboxylic acids is 1. The van der Waals surface area contributed by atoms with Crippen molar-refractivity contribution in [2.75, 3.05) is 6.54 Å². The molecule has 0 aliphatic carbocycles. The number of rotatable bonds is 13. The number of benzene rings is 1. The standard InChI is InChI=1S/C24H40NO2P/c1-7-8-9-10-14-17-22(21-15-12-11-13-16-21)23(20(4)5)25(18-19(2)3)24(26)28(6)27/h11-13,15-16,19-20,22-23H,6-10,14,17-18H2,1-5H3. The van der Waals surface area contributed by atoms with E-state index in [-0.39, 0.29) is 23.5 Å². The molecule has 0 aliphatic rings. The minimum absolute atomic E-state index is 0.0316. The van der Waals surface area contributed by atoms with Gasteiger partial charge in [0.25, 0.3) is 0 Å². The van der Waals surface area contributed by atoms with Crippen molar-refractivity contribution in [3.05, 3.63) is 35.9 Å². The Bertz CT molecular complexity index is 629. The highest BCUT2D eigenvalue weighted by molar-refractivity contribution is 7.61. The van der Waals surface area contributed by atoms with Crippen molar-refractivity contribution < 1.29 is 9.36 Å². The molecule has 0 saturated heterocycles. The number of nitrogens with zero attached hydrogens (tertiary/aromatic N) is 1. The van der Waals surface area contributed by atoms with Crippen LogP contribution in [0.2, 0.25) is 0 Å². The molecule has 1 aromatic carbocycles. The fraction of sp³-hybridized carbons (Fsp3) is 0.667. The predicted molar refractivity (Wildman–Crippen MR) is 123 cm³/mol. The van der Waals surface area contributed by atoms with E-state index in [0.717, 1.165) is 12.8 Å². The summed E-state index contributed by atoms with van der Waals surface area (Å²) in [6.07, 6.45) is 10.8. The molecule has 0 heterocycles. The van der Waals surface area contributed by atoms with Crippen molar-refractivity contribution in [3.8, 4) is 0 Å². The van der Waals surface area contributed by atoms with Crippen molar-refractivity contribution in [1.82, 2.24) is 4.90 Å². The summed E-state index contributed by atoms with van der Waals surface area (Å²) < 4.78 is 12.0. The molecule has 0 aliphatic heterocycles. The van der Waals surface area contributed by atoms with Crippen LogP contribution in [0.15, 0.2) is 30.3 Å². The number of carbonyl (C=O) groups is 1. The first kappa shape index (κ1) is 24.7. The average Bonchev–Trinajstić information content (AvgIpc) is 2.65. The molecule has 0 spiro atoms. The lowest BCUT2D eigenvalue weighted by molar-refractivity contribution is 0.143. The van der Waals surface area contributed by atoms with Crippen LogP contribution in [-0.4, -0.2) is 29.4 Å². The molecule has 3 unspecified atom stereocenters. The van der Waals surface area contributed by atoms with Gasteiger partial charge in [0.2, 0.25) is 0 Å². The molecule has 0 saturated carbocycles. The smallest absolute Gasteiger partial charge is 0.306 e. The molecular formula is C24H40NO2P. The first-order chi connectivity index (χ1) is 13.3. The van der Waals surface area contributed by atoms with Gasteiger partial charge in [0.15, 0.2) is 7.42 Å². The third-order valence-electron chi connectivity index (χ3n) is 5.32. The van der Waals surface area contributed by atoms with E-state index in [2.05, 4.69) is 65.2 Å². The van der Waals surface area contributed by atoms with Crippen molar-refractivity contribution in [3.63, 3.8) is 0 Å². The first-order valence-corrected chi connectivity index (χ1v) is 12.4. The third kappa shape index (κ3) is 7.95. The van der Waals surface area contributed by atoms with Crippen molar-refractivity contribution >= 4 is 19.4 Å². The Morgan fingerprint density at radius 1 is 1.04 bits per heavy atom. The zero-order valence-electron chi connectivity index (χ0n) is 18.6. The van der Waals surface area contributed by atoms with E-state index in [0.29, 0.717) is 12.5 Å². The Morgan fingerprint density at radius 3 is 2.14 bits per heavy atom. The highest BCUT2D eigenvalue weighted by Crippen LogP contribution is 2.35. The fourth-order valence-corrected chi connectivity index (χ4v) is 4.61. The molecule has 0 aromatic heterocycles. The van der Waals surface area contributed by atoms with E-state index < -0.39 is 7.42 Å². The summed E-state index contributed by atoms with van der Waals surface area (Å²) in [5, 5.41) is 0. The number of unbranched alkanes of at least 4 members (excludes halogenated alkanes) is 4. The Hall–Kier alpha value is -1.34. The van der Waals surface area contributed by atoms with Crippen LogP contribution < -0.4 is 0 Å². The molecule has 1 aromatic rings. The molecule has 0 radical (unpaired) electrons. The van der Waals surface area contributed by atoms with Gasteiger partial charge in [0, 0.05) is 18.5 Å². The van der Waals surface area contributed by atoms with Gasteiger partial charge >= 0.3 is 5.65 Å². The molecule has 0 fully saturated rings. The molecule has 0 N–H and O–H groups in total. The third-order valence-corrected chi connectivity index (χ3v) is 6.01. The van der Waals surface area contributed by atoms with Crippen LogP contribution in [0, 0.1) is 11.8 Å². The molecule has 3 atom stereocenters. The van der Waals surface area contributed by atoms with Gasteiger partial charge in [0.05, 0.1) is 0 Å². The van der Waals surface area contributed by atoms with Crippen LogP contribution >= 0.6 is 7.42 Å². The van der Waals surface area contributed by atoms with Gasteiger partial charge in [-0.3, -0.25) is 9.36 Å². The second kappa shape index (κ2) is 13.0. The summed E-state index contributed by atoms with van der Waals surface area (Å²) in [5.41, 5.74) is 0.979.